The molecule has 2 heterocycles. The summed E-state index contributed by atoms with van der Waals surface area (Å²) >= 11 is 0. The summed E-state index contributed by atoms with van der Waals surface area (Å²) in [7, 11) is 1.56. The molecule has 190 valence electrons. The number of carbonyl (C=O) groups excluding carboxylic acids is 2. The number of carboxylic acid groups (broad SMARTS) is 1. The second-order valence-corrected chi connectivity index (χ2v) is 9.07. The molecule has 9 heteroatoms. The number of benzene rings is 1. The summed E-state index contributed by atoms with van der Waals surface area (Å²) < 4.78 is 5.15. The van der Waals surface area contributed by atoms with Gasteiger partial charge in [0.2, 0.25) is 11.8 Å². The number of amides is 2. The first kappa shape index (κ1) is 26.4. The number of hydrogen-bond acceptors (Lipinski definition) is 6. The maximum atomic E-state index is 13.8. The van der Waals surface area contributed by atoms with Crippen molar-refractivity contribution in [3.8, 4) is 11.3 Å². The summed E-state index contributed by atoms with van der Waals surface area (Å²) in [4.78, 5) is 42.5. The van der Waals surface area contributed by atoms with Gasteiger partial charge >= 0.3 is 5.97 Å². The number of hydrogen-bond donors (Lipinski definition) is 3. The minimum absolute atomic E-state index is 0.221. The SMILES string of the molecule is CCCCC(CC(CCc1ccccc1-c1cocn1)C(=O)N1NCCCC1C(=O)NC)C(=O)O. The lowest BCUT2D eigenvalue weighted by Gasteiger charge is -2.37. The number of aliphatic carboxylic acids is 1. The Hall–Kier alpha value is -3.20. The summed E-state index contributed by atoms with van der Waals surface area (Å²) in [6, 6.07) is 7.20. The smallest absolute Gasteiger partial charge is 0.306 e. The van der Waals surface area contributed by atoms with Crippen molar-refractivity contribution in [1.82, 2.24) is 20.7 Å². The fraction of sp³-hybridized carbons (Fsp3) is 0.538. The van der Waals surface area contributed by atoms with E-state index in [0.717, 1.165) is 30.4 Å². The standard InChI is InChI=1S/C26H36N4O5/c1-3-4-8-20(26(33)34)15-19(25(32)30-23(24(31)27-2)11-7-14-29-30)13-12-18-9-5-6-10-21(18)22-16-35-17-28-22/h5-6,9-10,16-17,19-20,23,29H,3-4,7-8,11-15H2,1-2H3,(H,27,31)(H,33,34). The molecule has 0 bridgehead atoms. The predicted molar refractivity (Wildman–Crippen MR) is 131 cm³/mol. The van der Waals surface area contributed by atoms with Crippen LogP contribution in [0.4, 0.5) is 0 Å². The van der Waals surface area contributed by atoms with Crippen molar-refractivity contribution in [3.05, 3.63) is 42.5 Å². The molecular formula is C26H36N4O5. The van der Waals surface area contributed by atoms with E-state index >= 15 is 0 Å². The second-order valence-electron chi connectivity index (χ2n) is 9.07. The van der Waals surface area contributed by atoms with E-state index in [-0.39, 0.29) is 18.2 Å². The first-order valence-electron chi connectivity index (χ1n) is 12.4. The van der Waals surface area contributed by atoms with Crippen molar-refractivity contribution in [1.29, 1.82) is 0 Å². The molecule has 3 rings (SSSR count). The topological polar surface area (TPSA) is 125 Å². The number of aromatic nitrogens is 1. The van der Waals surface area contributed by atoms with Crippen LogP contribution in [-0.2, 0) is 20.8 Å². The molecule has 3 atom stereocenters. The summed E-state index contributed by atoms with van der Waals surface area (Å²) in [5.41, 5.74) is 5.74. The molecule has 1 fully saturated rings. The van der Waals surface area contributed by atoms with Gasteiger partial charge < -0.3 is 14.8 Å². The minimum atomic E-state index is -0.881. The molecule has 2 aromatic rings. The molecule has 0 radical (unpaired) electrons. The van der Waals surface area contributed by atoms with E-state index in [0.29, 0.717) is 37.9 Å². The highest BCUT2D eigenvalue weighted by atomic mass is 16.4. The van der Waals surface area contributed by atoms with Crippen LogP contribution >= 0.6 is 0 Å². The quantitative estimate of drug-likeness (QED) is 0.422. The third-order valence-electron chi connectivity index (χ3n) is 6.70. The molecule has 1 aromatic carbocycles. The number of carboxylic acids is 1. The predicted octanol–water partition coefficient (Wildman–Crippen LogP) is 3.41. The van der Waals surface area contributed by atoms with Crippen molar-refractivity contribution in [2.45, 2.75) is 64.3 Å². The third kappa shape index (κ3) is 6.91. The highest BCUT2D eigenvalue weighted by Gasteiger charge is 2.37. The number of unbranched alkanes of at least 4 members (excludes halogenated alkanes) is 1. The molecule has 1 aliphatic heterocycles. The van der Waals surface area contributed by atoms with Gasteiger partial charge in [-0.1, -0.05) is 44.0 Å². The van der Waals surface area contributed by atoms with E-state index in [1.54, 1.807) is 13.3 Å². The van der Waals surface area contributed by atoms with Gasteiger partial charge in [-0.15, -0.1) is 0 Å². The fourth-order valence-electron chi connectivity index (χ4n) is 4.72. The molecule has 35 heavy (non-hydrogen) atoms. The van der Waals surface area contributed by atoms with Crippen molar-refractivity contribution < 1.29 is 23.9 Å². The van der Waals surface area contributed by atoms with E-state index in [1.807, 2.05) is 31.2 Å². The van der Waals surface area contributed by atoms with Crippen LogP contribution in [0.15, 0.2) is 41.3 Å². The van der Waals surface area contributed by atoms with Crippen LogP contribution in [0.1, 0.15) is 57.4 Å². The lowest BCUT2D eigenvalue weighted by molar-refractivity contribution is -0.151. The monoisotopic (exact) mass is 484 g/mol. The Morgan fingerprint density at radius 1 is 1.26 bits per heavy atom. The summed E-state index contributed by atoms with van der Waals surface area (Å²) in [6.45, 7) is 2.62. The van der Waals surface area contributed by atoms with Gasteiger partial charge in [-0.2, -0.15) is 0 Å². The van der Waals surface area contributed by atoms with Gasteiger partial charge in [-0.3, -0.25) is 19.4 Å². The highest BCUT2D eigenvalue weighted by molar-refractivity contribution is 5.88. The molecule has 1 aliphatic rings. The molecule has 3 unspecified atom stereocenters. The van der Waals surface area contributed by atoms with Gasteiger partial charge in [0.25, 0.3) is 0 Å². The summed E-state index contributed by atoms with van der Waals surface area (Å²) in [5.74, 6) is -2.48. The van der Waals surface area contributed by atoms with Crippen LogP contribution < -0.4 is 10.7 Å². The molecule has 0 saturated carbocycles. The molecule has 9 nitrogen and oxygen atoms in total. The van der Waals surface area contributed by atoms with Gasteiger partial charge in [0.05, 0.1) is 5.92 Å². The van der Waals surface area contributed by atoms with E-state index in [4.69, 9.17) is 4.42 Å². The first-order chi connectivity index (χ1) is 17.0. The number of carbonyl (C=O) groups is 3. The minimum Gasteiger partial charge on any atom is -0.481 e. The van der Waals surface area contributed by atoms with Crippen molar-refractivity contribution in [2.75, 3.05) is 13.6 Å². The number of oxazole rings is 1. The zero-order valence-corrected chi connectivity index (χ0v) is 20.5. The third-order valence-corrected chi connectivity index (χ3v) is 6.70. The molecular weight excluding hydrogens is 448 g/mol. The molecule has 0 aliphatic carbocycles. The summed E-state index contributed by atoms with van der Waals surface area (Å²) in [6.07, 6.45) is 7.78. The number of hydrazine groups is 1. The van der Waals surface area contributed by atoms with E-state index in [9.17, 15) is 19.5 Å². The zero-order valence-electron chi connectivity index (χ0n) is 20.5. The Morgan fingerprint density at radius 3 is 2.74 bits per heavy atom. The number of likely N-dealkylation sites (N-methyl/N-ethyl adjacent to an activating group) is 1. The van der Waals surface area contributed by atoms with Crippen LogP contribution in [0.3, 0.4) is 0 Å². The second kappa shape index (κ2) is 13.0. The maximum Gasteiger partial charge on any atom is 0.306 e. The first-order valence-corrected chi connectivity index (χ1v) is 12.4. The van der Waals surface area contributed by atoms with Crippen LogP contribution in [0.25, 0.3) is 11.3 Å². The van der Waals surface area contributed by atoms with Crippen LogP contribution in [0.2, 0.25) is 0 Å². The molecule has 2 amide bonds. The van der Waals surface area contributed by atoms with E-state index in [2.05, 4.69) is 15.7 Å². The van der Waals surface area contributed by atoms with Gasteiger partial charge in [0.1, 0.15) is 18.0 Å². The van der Waals surface area contributed by atoms with E-state index in [1.165, 1.54) is 11.4 Å². The van der Waals surface area contributed by atoms with Crippen LogP contribution in [0.5, 0.6) is 0 Å². The maximum absolute atomic E-state index is 13.8. The molecule has 1 saturated heterocycles. The number of nitrogens with one attached hydrogen (secondary N) is 2. The normalized spacial score (nSPS) is 17.5. The van der Waals surface area contributed by atoms with Crippen molar-refractivity contribution >= 4 is 17.8 Å². The Labute approximate surface area is 206 Å². The number of rotatable bonds is 12. The molecule has 3 N–H and O–H groups in total. The van der Waals surface area contributed by atoms with E-state index < -0.39 is 23.8 Å². The average Bonchev–Trinajstić information content (AvgIpc) is 3.42. The Morgan fingerprint density at radius 2 is 2.06 bits per heavy atom. The van der Waals surface area contributed by atoms with Crippen LogP contribution in [0, 0.1) is 11.8 Å². The zero-order chi connectivity index (χ0) is 25.2. The van der Waals surface area contributed by atoms with Crippen molar-refractivity contribution in [3.63, 3.8) is 0 Å². The lowest BCUT2D eigenvalue weighted by atomic mass is 9.85. The van der Waals surface area contributed by atoms with Crippen LogP contribution in [-0.4, -0.2) is 52.5 Å². The lowest BCUT2D eigenvalue weighted by Crippen LogP contribution is -2.59. The Bertz CT molecular complexity index is 978. The van der Waals surface area contributed by atoms with Gasteiger partial charge in [-0.25, -0.2) is 10.4 Å². The highest BCUT2D eigenvalue weighted by Crippen LogP contribution is 2.29. The number of nitrogens with zero attached hydrogens (tertiary/aromatic N) is 2. The van der Waals surface area contributed by atoms with Gasteiger partial charge in [0, 0.05) is 25.1 Å². The average molecular weight is 485 g/mol. The van der Waals surface area contributed by atoms with Gasteiger partial charge in [0.15, 0.2) is 6.39 Å². The fourth-order valence-corrected chi connectivity index (χ4v) is 4.72. The van der Waals surface area contributed by atoms with Crippen molar-refractivity contribution in [2.24, 2.45) is 11.8 Å². The summed E-state index contributed by atoms with van der Waals surface area (Å²) in [5, 5.41) is 13.9. The molecule has 0 spiro atoms. The Balaban J connectivity index is 1.85. The number of aryl methyl sites for hydroxylation is 1. The Kier molecular flexibility index (Phi) is 9.84. The van der Waals surface area contributed by atoms with Gasteiger partial charge in [-0.05, 0) is 44.1 Å². The molecule has 1 aromatic heterocycles. The largest absolute Gasteiger partial charge is 0.481 e.